The largest absolute Gasteiger partial charge is 0.477 e. The number of carbonyl (C=O) groups is 1. The van der Waals surface area contributed by atoms with Crippen molar-refractivity contribution in [3.8, 4) is 0 Å². The van der Waals surface area contributed by atoms with E-state index in [1.54, 1.807) is 11.6 Å². The zero-order valence-corrected chi connectivity index (χ0v) is 12.8. The number of hydrogen-bond donors (Lipinski definition) is 1. The predicted octanol–water partition coefficient (Wildman–Crippen LogP) is 1.83. The molecule has 0 saturated carbocycles. The van der Waals surface area contributed by atoms with Gasteiger partial charge in [0.05, 0.1) is 5.39 Å². The molecule has 2 aromatic heterocycles. The van der Waals surface area contributed by atoms with E-state index in [1.807, 2.05) is 5.01 Å². The summed E-state index contributed by atoms with van der Waals surface area (Å²) in [6, 6.07) is 0. The Kier molecular flexibility index (Phi) is 3.44. The Morgan fingerprint density at radius 1 is 1.43 bits per heavy atom. The number of nitrogens with zero attached hydrogens (tertiary/aromatic N) is 3. The molecule has 0 unspecified atom stereocenters. The highest BCUT2D eigenvalue weighted by molar-refractivity contribution is 7.20. The Labute approximate surface area is 125 Å². The summed E-state index contributed by atoms with van der Waals surface area (Å²) < 4.78 is 1.54. The number of thiophene rings is 1. The molecule has 0 aliphatic carbocycles. The van der Waals surface area contributed by atoms with Gasteiger partial charge in [0.15, 0.2) is 0 Å². The lowest BCUT2D eigenvalue weighted by Gasteiger charge is -2.32. The number of carboxylic acids is 1. The third kappa shape index (κ3) is 2.31. The molecule has 0 spiro atoms. The molecule has 21 heavy (non-hydrogen) atoms. The summed E-state index contributed by atoms with van der Waals surface area (Å²) >= 11 is 1.06. The Morgan fingerprint density at radius 3 is 2.71 bits per heavy atom. The van der Waals surface area contributed by atoms with Gasteiger partial charge in [-0.2, -0.15) is 0 Å². The number of hydrogen-bond acceptors (Lipinski definition) is 5. The molecule has 6 nitrogen and oxygen atoms in total. The van der Waals surface area contributed by atoms with Crippen molar-refractivity contribution < 1.29 is 9.90 Å². The number of aryl methyl sites for hydroxylation is 1. The van der Waals surface area contributed by atoms with Crippen molar-refractivity contribution in [3.63, 3.8) is 0 Å². The van der Waals surface area contributed by atoms with Gasteiger partial charge in [-0.25, -0.2) is 14.5 Å². The molecule has 1 saturated heterocycles. The van der Waals surface area contributed by atoms with Crippen LogP contribution in [0, 0.1) is 12.8 Å². The lowest BCUT2D eigenvalue weighted by atomic mass is 10.0. The Balaban J connectivity index is 2.10. The van der Waals surface area contributed by atoms with Crippen molar-refractivity contribution in [2.45, 2.75) is 26.7 Å². The van der Waals surface area contributed by atoms with E-state index in [9.17, 15) is 9.59 Å². The van der Waals surface area contributed by atoms with Crippen molar-refractivity contribution in [2.24, 2.45) is 5.92 Å². The zero-order valence-electron chi connectivity index (χ0n) is 12.0. The number of carboxylic acid groups (broad SMARTS) is 1. The maximum absolute atomic E-state index is 12.7. The first kappa shape index (κ1) is 14.1. The van der Waals surface area contributed by atoms with Crippen molar-refractivity contribution >= 4 is 27.5 Å². The first-order chi connectivity index (χ1) is 9.99. The summed E-state index contributed by atoms with van der Waals surface area (Å²) in [4.78, 5) is 28.8. The van der Waals surface area contributed by atoms with Gasteiger partial charge in [-0.05, 0) is 31.2 Å². The van der Waals surface area contributed by atoms with E-state index in [-0.39, 0.29) is 10.4 Å². The van der Waals surface area contributed by atoms with Crippen LogP contribution in [0.3, 0.4) is 0 Å². The van der Waals surface area contributed by atoms with E-state index >= 15 is 0 Å². The maximum Gasteiger partial charge on any atom is 0.346 e. The SMILES string of the molecule is Cc1c(C(=O)O)sc2ncn(N3CCC(C)CC3)c(=O)c12. The second-order valence-corrected chi connectivity index (χ2v) is 6.57. The Bertz CT molecular complexity index is 757. The first-order valence-electron chi connectivity index (χ1n) is 6.98. The molecular weight excluding hydrogens is 290 g/mol. The van der Waals surface area contributed by atoms with Gasteiger partial charge >= 0.3 is 5.97 Å². The average Bonchev–Trinajstić information content (AvgIpc) is 2.79. The van der Waals surface area contributed by atoms with Crippen LogP contribution in [0.2, 0.25) is 0 Å². The highest BCUT2D eigenvalue weighted by atomic mass is 32.1. The molecule has 1 aliphatic heterocycles. The van der Waals surface area contributed by atoms with Crippen LogP contribution in [0.1, 0.15) is 35.0 Å². The molecule has 112 valence electrons. The molecular formula is C14H17N3O3S. The van der Waals surface area contributed by atoms with Gasteiger partial charge in [0.25, 0.3) is 5.56 Å². The summed E-state index contributed by atoms with van der Waals surface area (Å²) in [5, 5.41) is 11.6. The third-order valence-corrected chi connectivity index (χ3v) is 5.28. The van der Waals surface area contributed by atoms with Gasteiger partial charge < -0.3 is 10.1 Å². The van der Waals surface area contributed by atoms with Gasteiger partial charge in [0.1, 0.15) is 16.0 Å². The van der Waals surface area contributed by atoms with Crippen molar-refractivity contribution in [1.29, 1.82) is 0 Å². The molecule has 2 aromatic rings. The fourth-order valence-corrected chi connectivity index (χ4v) is 3.71. The molecule has 0 bridgehead atoms. The number of aromatic nitrogens is 2. The number of aromatic carboxylic acids is 1. The van der Waals surface area contributed by atoms with E-state index in [2.05, 4.69) is 11.9 Å². The molecule has 0 amide bonds. The standard InChI is InChI=1S/C14H17N3O3S/c1-8-3-5-16(6-4-8)17-7-15-12-10(13(17)18)9(2)11(21-12)14(19)20/h7-8H,3-6H2,1-2H3,(H,19,20). The van der Waals surface area contributed by atoms with Crippen LogP contribution in [-0.2, 0) is 0 Å². The molecule has 0 atom stereocenters. The quantitative estimate of drug-likeness (QED) is 0.916. The van der Waals surface area contributed by atoms with E-state index in [1.165, 1.54) is 6.33 Å². The normalized spacial score (nSPS) is 16.6. The van der Waals surface area contributed by atoms with E-state index in [0.29, 0.717) is 21.7 Å². The summed E-state index contributed by atoms with van der Waals surface area (Å²) in [5.41, 5.74) is 0.343. The number of piperidine rings is 1. The average molecular weight is 307 g/mol. The topological polar surface area (TPSA) is 75.4 Å². The van der Waals surface area contributed by atoms with Crippen molar-refractivity contribution in [3.05, 3.63) is 27.1 Å². The summed E-state index contributed by atoms with van der Waals surface area (Å²) in [6.07, 6.45) is 3.61. The van der Waals surface area contributed by atoms with Crippen molar-refractivity contribution in [1.82, 2.24) is 9.66 Å². The van der Waals surface area contributed by atoms with Crippen LogP contribution in [0.4, 0.5) is 0 Å². The zero-order chi connectivity index (χ0) is 15.1. The van der Waals surface area contributed by atoms with Gasteiger partial charge in [0.2, 0.25) is 0 Å². The van der Waals surface area contributed by atoms with E-state index in [0.717, 1.165) is 37.3 Å². The lowest BCUT2D eigenvalue weighted by molar-refractivity contribution is 0.0701. The Morgan fingerprint density at radius 2 is 2.10 bits per heavy atom. The van der Waals surface area contributed by atoms with Crippen molar-refractivity contribution in [2.75, 3.05) is 18.1 Å². The first-order valence-corrected chi connectivity index (χ1v) is 7.80. The molecule has 1 N–H and O–H groups in total. The van der Waals surface area contributed by atoms with Crippen LogP contribution in [0.25, 0.3) is 10.2 Å². The summed E-state index contributed by atoms with van der Waals surface area (Å²) in [5.74, 6) is -0.330. The van der Waals surface area contributed by atoms with Crippen LogP contribution in [0.5, 0.6) is 0 Å². The van der Waals surface area contributed by atoms with E-state index < -0.39 is 5.97 Å². The molecule has 1 fully saturated rings. The molecule has 3 heterocycles. The fourth-order valence-electron chi connectivity index (χ4n) is 2.73. The predicted molar refractivity (Wildman–Crippen MR) is 81.9 cm³/mol. The van der Waals surface area contributed by atoms with Crippen LogP contribution >= 0.6 is 11.3 Å². The second kappa shape index (κ2) is 5.14. The molecule has 1 aliphatic rings. The monoisotopic (exact) mass is 307 g/mol. The van der Waals surface area contributed by atoms with Gasteiger partial charge in [0, 0.05) is 13.1 Å². The van der Waals surface area contributed by atoms with Crippen LogP contribution < -0.4 is 10.6 Å². The minimum absolute atomic E-state index is 0.171. The second-order valence-electron chi connectivity index (χ2n) is 5.57. The molecule has 3 rings (SSSR count). The number of fused-ring (bicyclic) bond motifs is 1. The summed E-state index contributed by atoms with van der Waals surface area (Å²) in [7, 11) is 0. The van der Waals surface area contributed by atoms with Gasteiger partial charge in [-0.3, -0.25) is 4.79 Å². The van der Waals surface area contributed by atoms with Gasteiger partial charge in [-0.15, -0.1) is 11.3 Å². The lowest BCUT2D eigenvalue weighted by Crippen LogP contribution is -2.46. The van der Waals surface area contributed by atoms with Crippen LogP contribution in [-0.4, -0.2) is 33.8 Å². The van der Waals surface area contributed by atoms with E-state index in [4.69, 9.17) is 5.11 Å². The molecule has 0 aromatic carbocycles. The molecule has 7 heteroatoms. The smallest absolute Gasteiger partial charge is 0.346 e. The number of rotatable bonds is 2. The minimum atomic E-state index is -1.01. The van der Waals surface area contributed by atoms with Crippen LogP contribution in [0.15, 0.2) is 11.1 Å². The fraction of sp³-hybridized carbons (Fsp3) is 0.500. The maximum atomic E-state index is 12.7. The third-order valence-electron chi connectivity index (χ3n) is 4.09. The minimum Gasteiger partial charge on any atom is -0.477 e. The summed E-state index contributed by atoms with van der Waals surface area (Å²) in [6.45, 7) is 5.53. The molecule has 0 radical (unpaired) electrons. The highest BCUT2D eigenvalue weighted by Gasteiger charge is 2.22. The highest BCUT2D eigenvalue weighted by Crippen LogP contribution is 2.26. The Hall–Kier alpha value is -1.89. The van der Waals surface area contributed by atoms with Gasteiger partial charge in [-0.1, -0.05) is 6.92 Å².